The zero-order valence-electron chi connectivity index (χ0n) is 17.1. The van der Waals surface area contributed by atoms with Gasteiger partial charge in [-0.15, -0.1) is 0 Å². The molecule has 7 nitrogen and oxygen atoms in total. The first kappa shape index (κ1) is 20.8. The molecule has 2 fully saturated rings. The summed E-state index contributed by atoms with van der Waals surface area (Å²) in [5.74, 6) is 0.156. The van der Waals surface area contributed by atoms with Gasteiger partial charge in [-0.25, -0.2) is 0 Å². The molecule has 1 aromatic carbocycles. The lowest BCUT2D eigenvalue weighted by Crippen LogP contribution is -3.28. The summed E-state index contributed by atoms with van der Waals surface area (Å²) in [5, 5.41) is 6.04. The SMILES string of the molecule is Cc1cccc(NC(=O)C[NH+]2CC[NH+](CC(=O)NC[C@H]3CCCO3)CC2)c1C. The van der Waals surface area contributed by atoms with E-state index < -0.39 is 0 Å². The highest BCUT2D eigenvalue weighted by atomic mass is 16.5. The summed E-state index contributed by atoms with van der Waals surface area (Å²) in [6.45, 7) is 10.2. The van der Waals surface area contributed by atoms with Gasteiger partial charge in [0.2, 0.25) is 0 Å². The molecular weight excluding hydrogens is 356 g/mol. The second-order valence-electron chi connectivity index (χ2n) is 8.09. The van der Waals surface area contributed by atoms with Gasteiger partial charge in [-0.3, -0.25) is 9.59 Å². The number of benzene rings is 1. The van der Waals surface area contributed by atoms with Crippen LogP contribution in [0.2, 0.25) is 0 Å². The lowest BCUT2D eigenvalue weighted by Gasteiger charge is -2.29. The molecule has 0 radical (unpaired) electrons. The minimum Gasteiger partial charge on any atom is -0.376 e. The van der Waals surface area contributed by atoms with Gasteiger partial charge in [0.1, 0.15) is 26.2 Å². The Kier molecular flexibility index (Phi) is 7.42. The van der Waals surface area contributed by atoms with Crippen LogP contribution in [-0.2, 0) is 14.3 Å². The molecule has 0 bridgehead atoms. The quantitative estimate of drug-likeness (QED) is 0.449. The molecule has 28 heavy (non-hydrogen) atoms. The number of ether oxygens (including phenoxy) is 1. The number of nitrogens with one attached hydrogen (secondary N) is 4. The molecule has 1 aromatic rings. The Labute approximate surface area is 167 Å². The summed E-state index contributed by atoms with van der Waals surface area (Å²) in [7, 11) is 0. The standard InChI is InChI=1S/C21H32N4O3/c1-16-5-3-7-19(17(16)2)23-21(27)15-25-10-8-24(9-11-25)14-20(26)22-13-18-6-4-12-28-18/h3,5,7,18H,4,6,8-15H2,1-2H3,(H,22,26)(H,23,27)/p+2/t18-/m1/s1. The molecule has 0 spiro atoms. The molecular formula is C21H34N4O3+2. The van der Waals surface area contributed by atoms with Gasteiger partial charge >= 0.3 is 0 Å². The Bertz CT molecular complexity index is 680. The van der Waals surface area contributed by atoms with Crippen LogP contribution in [0.4, 0.5) is 5.69 Å². The number of hydrogen-bond acceptors (Lipinski definition) is 3. The van der Waals surface area contributed by atoms with E-state index in [1.807, 2.05) is 19.1 Å². The van der Waals surface area contributed by atoms with Crippen molar-refractivity contribution in [1.29, 1.82) is 0 Å². The van der Waals surface area contributed by atoms with E-state index in [9.17, 15) is 9.59 Å². The van der Waals surface area contributed by atoms with Crippen molar-refractivity contribution in [2.45, 2.75) is 32.8 Å². The molecule has 4 N–H and O–H groups in total. The molecule has 2 amide bonds. The van der Waals surface area contributed by atoms with E-state index >= 15 is 0 Å². The van der Waals surface area contributed by atoms with Gasteiger partial charge in [0.15, 0.2) is 13.1 Å². The zero-order chi connectivity index (χ0) is 19.9. The topological polar surface area (TPSA) is 76.3 Å². The molecule has 7 heteroatoms. The van der Waals surface area contributed by atoms with Crippen molar-refractivity contribution in [1.82, 2.24) is 5.32 Å². The summed E-state index contributed by atoms with van der Waals surface area (Å²) in [6.07, 6.45) is 2.32. The van der Waals surface area contributed by atoms with E-state index in [1.165, 1.54) is 15.4 Å². The summed E-state index contributed by atoms with van der Waals surface area (Å²) in [6, 6.07) is 5.97. The average molecular weight is 391 g/mol. The van der Waals surface area contributed by atoms with E-state index in [4.69, 9.17) is 4.74 Å². The molecule has 3 rings (SSSR count). The number of anilines is 1. The van der Waals surface area contributed by atoms with Crippen molar-refractivity contribution in [3.63, 3.8) is 0 Å². The van der Waals surface area contributed by atoms with E-state index in [0.717, 1.165) is 56.9 Å². The first-order valence-electron chi connectivity index (χ1n) is 10.4. The molecule has 1 atom stereocenters. The smallest absolute Gasteiger partial charge is 0.279 e. The summed E-state index contributed by atoms with van der Waals surface area (Å²) in [4.78, 5) is 27.1. The summed E-state index contributed by atoms with van der Waals surface area (Å²) >= 11 is 0. The number of amides is 2. The molecule has 0 saturated carbocycles. The third-order valence-corrected chi connectivity index (χ3v) is 5.91. The van der Waals surface area contributed by atoms with Crippen LogP contribution in [0.25, 0.3) is 0 Å². The number of quaternary nitrogens is 2. The van der Waals surface area contributed by atoms with Gasteiger partial charge in [-0.05, 0) is 43.9 Å². The second-order valence-corrected chi connectivity index (χ2v) is 8.09. The molecule has 2 saturated heterocycles. The lowest BCUT2D eigenvalue weighted by molar-refractivity contribution is -1.00. The van der Waals surface area contributed by atoms with Crippen molar-refractivity contribution in [3.05, 3.63) is 29.3 Å². The zero-order valence-corrected chi connectivity index (χ0v) is 17.1. The molecule has 154 valence electrons. The number of aryl methyl sites for hydroxylation is 1. The average Bonchev–Trinajstić information content (AvgIpc) is 3.19. The van der Waals surface area contributed by atoms with Crippen molar-refractivity contribution in [3.8, 4) is 0 Å². The summed E-state index contributed by atoms with van der Waals surface area (Å²) < 4.78 is 5.54. The van der Waals surface area contributed by atoms with Crippen LogP contribution in [0.1, 0.15) is 24.0 Å². The molecule has 2 aliphatic rings. The Morgan fingerprint density at radius 1 is 1.07 bits per heavy atom. The third kappa shape index (κ3) is 6.02. The number of carbonyl (C=O) groups is 2. The van der Waals surface area contributed by atoms with Crippen LogP contribution in [0.15, 0.2) is 18.2 Å². The minimum absolute atomic E-state index is 0.0569. The predicted octanol–water partition coefficient (Wildman–Crippen LogP) is -1.68. The summed E-state index contributed by atoms with van der Waals surface area (Å²) in [5.41, 5.74) is 3.20. The van der Waals surface area contributed by atoms with Gasteiger partial charge in [-0.1, -0.05) is 12.1 Å². The number of hydrogen-bond donors (Lipinski definition) is 4. The van der Waals surface area contributed by atoms with E-state index in [-0.39, 0.29) is 17.9 Å². The van der Waals surface area contributed by atoms with Crippen molar-refractivity contribution >= 4 is 17.5 Å². The largest absolute Gasteiger partial charge is 0.376 e. The van der Waals surface area contributed by atoms with Crippen LogP contribution >= 0.6 is 0 Å². The fraction of sp³-hybridized carbons (Fsp3) is 0.619. The third-order valence-electron chi connectivity index (χ3n) is 5.91. The first-order valence-corrected chi connectivity index (χ1v) is 10.4. The normalized spacial score (nSPS) is 24.7. The monoisotopic (exact) mass is 390 g/mol. The van der Waals surface area contributed by atoms with Gasteiger partial charge in [0, 0.05) is 18.8 Å². The Balaban J connectivity index is 1.34. The number of rotatable bonds is 7. The van der Waals surface area contributed by atoms with Gasteiger partial charge in [0.05, 0.1) is 6.10 Å². The van der Waals surface area contributed by atoms with Crippen molar-refractivity contribution in [2.75, 3.05) is 57.7 Å². The Morgan fingerprint density at radius 2 is 1.75 bits per heavy atom. The molecule has 0 aliphatic carbocycles. The molecule has 0 unspecified atom stereocenters. The Hall–Kier alpha value is -1.96. The predicted molar refractivity (Wildman–Crippen MR) is 108 cm³/mol. The highest BCUT2D eigenvalue weighted by Gasteiger charge is 2.27. The van der Waals surface area contributed by atoms with Crippen LogP contribution < -0.4 is 20.4 Å². The number of carbonyl (C=O) groups excluding carboxylic acids is 2. The number of piperazine rings is 1. The highest BCUT2D eigenvalue weighted by molar-refractivity contribution is 5.92. The fourth-order valence-electron chi connectivity index (χ4n) is 3.94. The maximum absolute atomic E-state index is 12.4. The van der Waals surface area contributed by atoms with Crippen LogP contribution in [0.5, 0.6) is 0 Å². The molecule has 2 heterocycles. The maximum Gasteiger partial charge on any atom is 0.279 e. The van der Waals surface area contributed by atoms with Gasteiger partial charge < -0.3 is 25.2 Å². The first-order chi connectivity index (χ1) is 13.5. The fourth-order valence-corrected chi connectivity index (χ4v) is 3.94. The molecule has 2 aliphatic heterocycles. The van der Waals surface area contributed by atoms with Gasteiger partial charge in [-0.2, -0.15) is 0 Å². The molecule has 0 aromatic heterocycles. The van der Waals surface area contributed by atoms with Crippen LogP contribution in [0, 0.1) is 13.8 Å². The lowest BCUT2D eigenvalue weighted by atomic mass is 10.1. The maximum atomic E-state index is 12.4. The van der Waals surface area contributed by atoms with E-state index in [1.54, 1.807) is 0 Å². The van der Waals surface area contributed by atoms with E-state index in [2.05, 4.69) is 23.6 Å². The van der Waals surface area contributed by atoms with Gasteiger partial charge in [0.25, 0.3) is 11.8 Å². The van der Waals surface area contributed by atoms with Crippen LogP contribution in [0.3, 0.4) is 0 Å². The van der Waals surface area contributed by atoms with E-state index in [0.29, 0.717) is 19.6 Å². The van der Waals surface area contributed by atoms with Crippen LogP contribution in [-0.4, -0.2) is 70.3 Å². The highest BCUT2D eigenvalue weighted by Crippen LogP contribution is 2.17. The van der Waals surface area contributed by atoms with Crippen molar-refractivity contribution in [2.24, 2.45) is 0 Å². The Morgan fingerprint density at radius 3 is 2.39 bits per heavy atom. The van der Waals surface area contributed by atoms with Crippen molar-refractivity contribution < 1.29 is 24.1 Å². The second kappa shape index (κ2) is 10.0. The minimum atomic E-state index is 0.0569.